The number of hydrogen-bond donors (Lipinski definition) is 1. The van der Waals surface area contributed by atoms with E-state index in [9.17, 15) is 5.11 Å². The monoisotopic (exact) mass is 445 g/mol. The summed E-state index contributed by atoms with van der Waals surface area (Å²) in [6.45, 7) is 13.6. The summed E-state index contributed by atoms with van der Waals surface area (Å²) < 4.78 is 6.31. The van der Waals surface area contributed by atoms with Gasteiger partial charge in [-0.1, -0.05) is 35.4 Å². The Morgan fingerprint density at radius 3 is 2.64 bits per heavy atom. The van der Waals surface area contributed by atoms with Gasteiger partial charge in [-0.15, -0.1) is 6.58 Å². The van der Waals surface area contributed by atoms with Crippen molar-refractivity contribution in [2.75, 3.05) is 20.2 Å². The van der Waals surface area contributed by atoms with Gasteiger partial charge >= 0.3 is 0 Å². The van der Waals surface area contributed by atoms with Crippen LogP contribution in [-0.4, -0.2) is 40.8 Å². The maximum atomic E-state index is 11.8. The number of aryl methyl sites for hydroxylation is 2. The fourth-order valence-electron chi connectivity index (χ4n) is 5.78. The molecule has 2 aromatic carbocycles. The van der Waals surface area contributed by atoms with Crippen molar-refractivity contribution in [3.05, 3.63) is 83.6 Å². The van der Waals surface area contributed by atoms with Crippen molar-refractivity contribution in [3.63, 3.8) is 0 Å². The highest BCUT2D eigenvalue weighted by Crippen LogP contribution is 2.37. The summed E-state index contributed by atoms with van der Waals surface area (Å²) in [7, 11) is 1.67. The lowest BCUT2D eigenvalue weighted by Crippen LogP contribution is -2.60. The number of rotatable bonds is 7. The molecule has 2 heterocycles. The molecule has 1 fully saturated rings. The molecule has 1 N–H and O–H groups in total. The molecule has 4 nitrogen and oxygen atoms in total. The van der Waals surface area contributed by atoms with Crippen LogP contribution in [0.4, 0.5) is 0 Å². The predicted molar refractivity (Wildman–Crippen MR) is 135 cm³/mol. The highest BCUT2D eigenvalue weighted by Gasteiger charge is 2.43. The second-order valence-electron chi connectivity index (χ2n) is 9.89. The van der Waals surface area contributed by atoms with Gasteiger partial charge in [0.15, 0.2) is 0 Å². The maximum absolute atomic E-state index is 11.8. The molecule has 0 saturated carbocycles. The fourth-order valence-corrected chi connectivity index (χ4v) is 5.78. The van der Waals surface area contributed by atoms with E-state index in [-0.39, 0.29) is 6.04 Å². The van der Waals surface area contributed by atoms with E-state index in [4.69, 9.17) is 4.74 Å². The van der Waals surface area contributed by atoms with Crippen LogP contribution in [0.25, 0.3) is 10.9 Å². The van der Waals surface area contributed by atoms with Crippen molar-refractivity contribution in [1.82, 2.24) is 4.98 Å². The molecule has 0 aliphatic carbocycles. The van der Waals surface area contributed by atoms with E-state index < -0.39 is 6.10 Å². The fraction of sp³-hybridized carbons (Fsp3) is 0.414. The van der Waals surface area contributed by atoms with Crippen molar-refractivity contribution in [1.29, 1.82) is 0 Å². The van der Waals surface area contributed by atoms with Crippen LogP contribution in [-0.2, 0) is 6.54 Å². The standard InChI is InChI=1S/C29H37N2O2/c1-6-23-8-7-13-31(18-23,19-24-15-20(2)14-21(3)16-24)22(4)29(32)26-11-12-30-28-10-9-25(33-5)17-27(26)28/h6,9-12,14-17,22-23,29,32H,1,7-8,13,18-19H2,2-5H3/q+1/t22?,23?,29-,31?/m1/s1. The molecule has 0 bridgehead atoms. The molecule has 33 heavy (non-hydrogen) atoms. The van der Waals surface area contributed by atoms with Gasteiger partial charge in [0.25, 0.3) is 0 Å². The molecule has 0 radical (unpaired) electrons. The normalized spacial score (nSPS) is 22.6. The minimum absolute atomic E-state index is 0.0189. The number of methoxy groups -OCH3 is 1. The Labute approximate surface area is 198 Å². The molecule has 174 valence electrons. The Kier molecular flexibility index (Phi) is 6.87. The first-order valence-corrected chi connectivity index (χ1v) is 12.0. The number of ether oxygens (including phenoxy) is 1. The van der Waals surface area contributed by atoms with Crippen LogP contribution in [0.5, 0.6) is 5.75 Å². The van der Waals surface area contributed by atoms with E-state index in [2.05, 4.69) is 56.6 Å². The molecule has 3 aromatic rings. The number of piperidine rings is 1. The van der Waals surface area contributed by atoms with Gasteiger partial charge in [0.1, 0.15) is 24.4 Å². The summed E-state index contributed by atoms with van der Waals surface area (Å²) in [4.78, 5) is 4.52. The lowest BCUT2D eigenvalue weighted by molar-refractivity contribution is -0.972. The highest BCUT2D eigenvalue weighted by molar-refractivity contribution is 5.83. The quantitative estimate of drug-likeness (QED) is 0.364. The van der Waals surface area contributed by atoms with Crippen molar-refractivity contribution in [2.24, 2.45) is 5.92 Å². The van der Waals surface area contributed by atoms with Crippen LogP contribution in [0.15, 0.2) is 61.3 Å². The van der Waals surface area contributed by atoms with Crippen molar-refractivity contribution < 1.29 is 14.3 Å². The lowest BCUT2D eigenvalue weighted by Gasteiger charge is -2.49. The summed E-state index contributed by atoms with van der Waals surface area (Å²) in [6.07, 6.45) is 5.62. The molecule has 4 heteroatoms. The predicted octanol–water partition coefficient (Wildman–Crippen LogP) is 5.90. The molecule has 1 aromatic heterocycles. The summed E-state index contributed by atoms with van der Waals surface area (Å²) >= 11 is 0. The molecule has 1 aliphatic heterocycles. The number of aliphatic hydroxyl groups excluding tert-OH is 1. The first-order chi connectivity index (χ1) is 15.8. The van der Waals surface area contributed by atoms with Crippen LogP contribution in [0.1, 0.15) is 48.1 Å². The van der Waals surface area contributed by atoms with E-state index in [1.54, 1.807) is 13.3 Å². The molecule has 0 amide bonds. The molecule has 4 atom stereocenters. The molecule has 4 rings (SSSR count). The Balaban J connectivity index is 1.75. The van der Waals surface area contributed by atoms with Gasteiger partial charge in [-0.3, -0.25) is 4.98 Å². The topological polar surface area (TPSA) is 42.4 Å². The highest BCUT2D eigenvalue weighted by atomic mass is 16.5. The van der Waals surface area contributed by atoms with Gasteiger partial charge in [0.05, 0.1) is 25.7 Å². The number of aliphatic hydroxyl groups is 1. The van der Waals surface area contributed by atoms with Gasteiger partial charge in [0.2, 0.25) is 0 Å². The Bertz CT molecular complexity index is 1120. The van der Waals surface area contributed by atoms with E-state index in [1.807, 2.05) is 24.3 Å². The van der Waals surface area contributed by atoms with Crippen LogP contribution in [0, 0.1) is 19.8 Å². The van der Waals surface area contributed by atoms with Crippen LogP contribution >= 0.6 is 0 Å². The first kappa shape index (κ1) is 23.5. The van der Waals surface area contributed by atoms with Crippen LogP contribution in [0.2, 0.25) is 0 Å². The maximum Gasteiger partial charge on any atom is 0.131 e. The van der Waals surface area contributed by atoms with E-state index in [0.717, 1.165) is 52.8 Å². The smallest absolute Gasteiger partial charge is 0.131 e. The minimum Gasteiger partial charge on any atom is -0.497 e. The summed E-state index contributed by atoms with van der Waals surface area (Å²) in [5.41, 5.74) is 5.73. The largest absolute Gasteiger partial charge is 0.497 e. The molecule has 3 unspecified atom stereocenters. The first-order valence-electron chi connectivity index (χ1n) is 12.0. The zero-order valence-electron chi connectivity index (χ0n) is 20.4. The van der Waals surface area contributed by atoms with Gasteiger partial charge < -0.3 is 14.3 Å². The number of benzene rings is 2. The van der Waals surface area contributed by atoms with Crippen molar-refractivity contribution in [3.8, 4) is 5.75 Å². The molecule has 1 saturated heterocycles. The second-order valence-corrected chi connectivity index (χ2v) is 9.89. The number of quaternary nitrogens is 1. The second kappa shape index (κ2) is 9.66. The summed E-state index contributed by atoms with van der Waals surface area (Å²) in [5, 5.41) is 12.8. The number of pyridine rings is 1. The summed E-state index contributed by atoms with van der Waals surface area (Å²) in [5.74, 6) is 1.24. The van der Waals surface area contributed by atoms with Crippen molar-refractivity contribution >= 4 is 10.9 Å². The summed E-state index contributed by atoms with van der Waals surface area (Å²) in [6, 6.07) is 14.7. The number of fused-ring (bicyclic) bond motifs is 1. The Hall–Kier alpha value is -2.69. The van der Waals surface area contributed by atoms with Gasteiger partial charge in [0, 0.05) is 23.1 Å². The third-order valence-electron chi connectivity index (χ3n) is 7.51. The molecule has 1 aliphatic rings. The van der Waals surface area contributed by atoms with E-state index >= 15 is 0 Å². The number of nitrogens with zero attached hydrogens (tertiary/aromatic N) is 2. The third kappa shape index (κ3) is 4.83. The molecular weight excluding hydrogens is 408 g/mol. The van der Waals surface area contributed by atoms with E-state index in [0.29, 0.717) is 5.92 Å². The number of hydrogen-bond acceptors (Lipinski definition) is 3. The minimum atomic E-state index is -0.614. The lowest BCUT2D eigenvalue weighted by atomic mass is 9.89. The number of likely N-dealkylation sites (tertiary alicyclic amines) is 1. The average Bonchev–Trinajstić information content (AvgIpc) is 2.81. The van der Waals surface area contributed by atoms with E-state index in [1.165, 1.54) is 23.1 Å². The van der Waals surface area contributed by atoms with Gasteiger partial charge in [-0.05, 0) is 63.4 Å². The Morgan fingerprint density at radius 2 is 1.94 bits per heavy atom. The SMILES string of the molecule is C=CC1CCC[N+](Cc2cc(C)cc(C)c2)(C(C)[C@@H](O)c2ccnc3ccc(OC)cc23)C1. The van der Waals surface area contributed by atoms with Gasteiger partial charge in [-0.25, -0.2) is 0 Å². The average molecular weight is 446 g/mol. The van der Waals surface area contributed by atoms with Crippen LogP contribution in [0.3, 0.4) is 0 Å². The molecule has 0 spiro atoms. The number of aromatic nitrogens is 1. The van der Waals surface area contributed by atoms with Gasteiger partial charge in [-0.2, -0.15) is 0 Å². The van der Waals surface area contributed by atoms with Crippen molar-refractivity contribution in [2.45, 2.75) is 52.3 Å². The zero-order chi connectivity index (χ0) is 23.6. The van der Waals surface area contributed by atoms with Crippen LogP contribution < -0.4 is 4.74 Å². The third-order valence-corrected chi connectivity index (χ3v) is 7.51. The zero-order valence-corrected chi connectivity index (χ0v) is 20.4. The Morgan fingerprint density at radius 1 is 1.18 bits per heavy atom. The molecular formula is C29H37N2O2+.